The summed E-state index contributed by atoms with van der Waals surface area (Å²) < 4.78 is 5.49. The fourth-order valence-electron chi connectivity index (χ4n) is 1.24. The second-order valence-electron chi connectivity index (χ2n) is 4.74. The van der Waals surface area contributed by atoms with Gasteiger partial charge < -0.3 is 4.74 Å². The van der Waals surface area contributed by atoms with E-state index in [4.69, 9.17) is 10.00 Å². The first-order valence-corrected chi connectivity index (χ1v) is 5.79. The SMILES string of the molecule is CCCCCCC=C(C#N)OC(C)(C)C. The maximum Gasteiger partial charge on any atom is 0.193 e. The number of hydrogen-bond donors (Lipinski definition) is 0. The zero-order chi connectivity index (χ0) is 11.7. The number of ether oxygens (including phenoxy) is 1. The number of unbranched alkanes of at least 4 members (excludes halogenated alkanes) is 4. The van der Waals surface area contributed by atoms with Crippen LogP contribution < -0.4 is 0 Å². The Morgan fingerprint density at radius 3 is 2.40 bits per heavy atom. The van der Waals surface area contributed by atoms with Gasteiger partial charge in [0.25, 0.3) is 0 Å². The molecule has 0 aliphatic rings. The summed E-state index contributed by atoms with van der Waals surface area (Å²) in [6, 6.07) is 2.09. The predicted molar refractivity (Wildman–Crippen MR) is 63.3 cm³/mol. The van der Waals surface area contributed by atoms with Gasteiger partial charge in [-0.05, 0) is 39.7 Å². The van der Waals surface area contributed by atoms with E-state index in [1.54, 1.807) is 0 Å². The highest BCUT2D eigenvalue weighted by Gasteiger charge is 2.12. The maximum atomic E-state index is 8.85. The van der Waals surface area contributed by atoms with Gasteiger partial charge in [0, 0.05) is 0 Å². The smallest absolute Gasteiger partial charge is 0.193 e. The van der Waals surface area contributed by atoms with E-state index in [1.165, 1.54) is 19.3 Å². The van der Waals surface area contributed by atoms with Crippen molar-refractivity contribution in [3.8, 4) is 6.07 Å². The molecule has 0 aliphatic carbocycles. The molecule has 0 spiro atoms. The molecule has 15 heavy (non-hydrogen) atoms. The zero-order valence-electron chi connectivity index (χ0n) is 10.5. The predicted octanol–water partition coefficient (Wildman–Crippen LogP) is 4.18. The van der Waals surface area contributed by atoms with Gasteiger partial charge in [0.05, 0.1) is 0 Å². The Hall–Kier alpha value is -0.970. The second-order valence-corrected chi connectivity index (χ2v) is 4.74. The van der Waals surface area contributed by atoms with Crippen molar-refractivity contribution in [2.24, 2.45) is 0 Å². The van der Waals surface area contributed by atoms with Crippen LogP contribution in [0.3, 0.4) is 0 Å². The van der Waals surface area contributed by atoms with Crippen LogP contribution in [0.5, 0.6) is 0 Å². The van der Waals surface area contributed by atoms with Gasteiger partial charge in [-0.1, -0.05) is 26.2 Å². The summed E-state index contributed by atoms with van der Waals surface area (Å²) in [7, 11) is 0. The fourth-order valence-corrected chi connectivity index (χ4v) is 1.24. The number of rotatable bonds is 6. The van der Waals surface area contributed by atoms with E-state index in [1.807, 2.05) is 26.8 Å². The molecule has 0 N–H and O–H groups in total. The molecule has 0 atom stereocenters. The van der Waals surface area contributed by atoms with Crippen molar-refractivity contribution in [3.63, 3.8) is 0 Å². The minimum atomic E-state index is -0.273. The molecule has 0 saturated carbocycles. The highest BCUT2D eigenvalue weighted by molar-refractivity contribution is 5.13. The van der Waals surface area contributed by atoms with Crippen molar-refractivity contribution in [1.82, 2.24) is 0 Å². The third-order valence-corrected chi connectivity index (χ3v) is 1.91. The molecule has 2 heteroatoms. The molecular formula is C13H23NO. The lowest BCUT2D eigenvalue weighted by Gasteiger charge is -2.20. The number of hydrogen-bond acceptors (Lipinski definition) is 2. The summed E-state index contributed by atoms with van der Waals surface area (Å²) in [4.78, 5) is 0. The Morgan fingerprint density at radius 1 is 1.27 bits per heavy atom. The van der Waals surface area contributed by atoms with Crippen LogP contribution in [0.25, 0.3) is 0 Å². The molecule has 0 bridgehead atoms. The Balaban J connectivity index is 3.87. The topological polar surface area (TPSA) is 33.0 Å². The largest absolute Gasteiger partial charge is 0.478 e. The Kier molecular flexibility index (Phi) is 6.86. The first-order valence-electron chi connectivity index (χ1n) is 5.79. The molecule has 0 aromatic heterocycles. The molecule has 0 rings (SSSR count). The van der Waals surface area contributed by atoms with E-state index in [0.29, 0.717) is 5.76 Å². The lowest BCUT2D eigenvalue weighted by atomic mass is 10.1. The number of allylic oxidation sites excluding steroid dienone is 2. The van der Waals surface area contributed by atoms with Gasteiger partial charge in [0.15, 0.2) is 5.76 Å². The summed E-state index contributed by atoms with van der Waals surface area (Å²) in [5.74, 6) is 0.457. The quantitative estimate of drug-likeness (QED) is 0.373. The van der Waals surface area contributed by atoms with Crippen LogP contribution in [0.2, 0.25) is 0 Å². The van der Waals surface area contributed by atoms with Gasteiger partial charge in [-0.15, -0.1) is 0 Å². The minimum Gasteiger partial charge on any atom is -0.478 e. The lowest BCUT2D eigenvalue weighted by Crippen LogP contribution is -2.18. The Bertz CT molecular complexity index is 230. The normalized spacial score (nSPS) is 12.3. The first-order chi connectivity index (χ1) is 6.99. The van der Waals surface area contributed by atoms with Gasteiger partial charge in [0.2, 0.25) is 0 Å². The molecule has 0 unspecified atom stereocenters. The van der Waals surface area contributed by atoms with Crippen LogP contribution >= 0.6 is 0 Å². The molecule has 0 aromatic carbocycles. The average molecular weight is 209 g/mol. The van der Waals surface area contributed by atoms with Crippen molar-refractivity contribution < 1.29 is 4.74 Å². The fraction of sp³-hybridized carbons (Fsp3) is 0.769. The summed E-state index contributed by atoms with van der Waals surface area (Å²) in [5.41, 5.74) is -0.273. The molecule has 86 valence electrons. The van der Waals surface area contributed by atoms with E-state index in [2.05, 4.69) is 13.0 Å². The first kappa shape index (κ1) is 14.0. The maximum absolute atomic E-state index is 8.85. The Labute approximate surface area is 93.9 Å². The highest BCUT2D eigenvalue weighted by Crippen LogP contribution is 2.14. The molecule has 0 radical (unpaired) electrons. The molecule has 2 nitrogen and oxygen atoms in total. The van der Waals surface area contributed by atoms with E-state index in [0.717, 1.165) is 12.8 Å². The molecule has 0 saturated heterocycles. The average Bonchev–Trinajstić information content (AvgIpc) is 2.14. The van der Waals surface area contributed by atoms with Gasteiger partial charge in [-0.3, -0.25) is 0 Å². The van der Waals surface area contributed by atoms with E-state index in [-0.39, 0.29) is 5.60 Å². The van der Waals surface area contributed by atoms with Crippen LogP contribution in [-0.4, -0.2) is 5.60 Å². The standard InChI is InChI=1S/C13H23NO/c1-5-6-7-8-9-10-12(11-14)15-13(2,3)4/h10H,5-9H2,1-4H3. The summed E-state index contributed by atoms with van der Waals surface area (Å²) in [6.45, 7) is 8.05. The molecule has 0 amide bonds. The van der Waals surface area contributed by atoms with Crippen LogP contribution in [0.1, 0.15) is 59.8 Å². The molecule has 0 fully saturated rings. The van der Waals surface area contributed by atoms with Gasteiger partial charge in [0.1, 0.15) is 11.7 Å². The van der Waals surface area contributed by atoms with Crippen LogP contribution in [0.4, 0.5) is 0 Å². The van der Waals surface area contributed by atoms with Crippen LogP contribution in [-0.2, 0) is 4.74 Å². The van der Waals surface area contributed by atoms with Crippen molar-refractivity contribution in [3.05, 3.63) is 11.8 Å². The zero-order valence-corrected chi connectivity index (χ0v) is 10.5. The summed E-state index contributed by atoms with van der Waals surface area (Å²) in [5, 5.41) is 8.85. The number of nitriles is 1. The van der Waals surface area contributed by atoms with E-state index in [9.17, 15) is 0 Å². The van der Waals surface area contributed by atoms with Crippen LogP contribution in [0.15, 0.2) is 11.8 Å². The van der Waals surface area contributed by atoms with Gasteiger partial charge in [-0.2, -0.15) is 5.26 Å². The Morgan fingerprint density at radius 2 is 1.93 bits per heavy atom. The monoisotopic (exact) mass is 209 g/mol. The minimum absolute atomic E-state index is 0.273. The number of nitrogens with zero attached hydrogens (tertiary/aromatic N) is 1. The third kappa shape index (κ3) is 9.34. The van der Waals surface area contributed by atoms with E-state index < -0.39 is 0 Å². The molecule has 0 aliphatic heterocycles. The third-order valence-electron chi connectivity index (χ3n) is 1.91. The molecule has 0 heterocycles. The lowest BCUT2D eigenvalue weighted by molar-refractivity contribution is 0.0610. The molecular weight excluding hydrogens is 186 g/mol. The van der Waals surface area contributed by atoms with Crippen molar-refractivity contribution in [1.29, 1.82) is 5.26 Å². The highest BCUT2D eigenvalue weighted by atomic mass is 16.5. The van der Waals surface area contributed by atoms with Crippen molar-refractivity contribution in [2.75, 3.05) is 0 Å². The molecule has 0 aromatic rings. The van der Waals surface area contributed by atoms with Crippen molar-refractivity contribution >= 4 is 0 Å². The van der Waals surface area contributed by atoms with Gasteiger partial charge >= 0.3 is 0 Å². The van der Waals surface area contributed by atoms with Crippen molar-refractivity contribution in [2.45, 2.75) is 65.4 Å². The summed E-state index contributed by atoms with van der Waals surface area (Å²) >= 11 is 0. The summed E-state index contributed by atoms with van der Waals surface area (Å²) in [6.07, 6.45) is 7.75. The second kappa shape index (κ2) is 7.34. The van der Waals surface area contributed by atoms with E-state index >= 15 is 0 Å². The van der Waals surface area contributed by atoms with Gasteiger partial charge in [-0.25, -0.2) is 0 Å². The van der Waals surface area contributed by atoms with Crippen LogP contribution in [0, 0.1) is 11.3 Å².